The molecule has 0 spiro atoms. The van der Waals surface area contributed by atoms with Gasteiger partial charge in [0, 0.05) is 11.1 Å². The van der Waals surface area contributed by atoms with E-state index in [0.717, 1.165) is 9.75 Å². The van der Waals surface area contributed by atoms with E-state index in [0.29, 0.717) is 22.6 Å². The molecule has 0 atom stereocenters. The molecule has 0 saturated carbocycles. The molecule has 3 aromatic heterocycles. The first-order valence-corrected chi connectivity index (χ1v) is 7.05. The number of rotatable bonds is 3. The van der Waals surface area contributed by atoms with Crippen LogP contribution in [0.1, 0.15) is 15.2 Å². The number of hydrogen-bond acceptors (Lipinski definition) is 5. The summed E-state index contributed by atoms with van der Waals surface area (Å²) in [4.78, 5) is 25.0. The van der Waals surface area contributed by atoms with Crippen LogP contribution in [-0.2, 0) is 0 Å². The van der Waals surface area contributed by atoms with Crippen LogP contribution in [-0.4, -0.2) is 20.9 Å². The van der Waals surface area contributed by atoms with Gasteiger partial charge in [-0.2, -0.15) is 0 Å². The number of carbonyl (C=O) groups is 1. The van der Waals surface area contributed by atoms with Gasteiger partial charge in [-0.05, 0) is 31.2 Å². The Morgan fingerprint density at radius 3 is 2.76 bits per heavy atom. The number of aryl methyl sites for hydroxylation is 1. The van der Waals surface area contributed by atoms with Gasteiger partial charge in [0.2, 0.25) is 5.95 Å². The second-order valence-electron chi connectivity index (χ2n) is 4.55. The smallest absolute Gasteiger partial charge is 0.250 e. The number of aromatic nitrogens is 3. The van der Waals surface area contributed by atoms with Gasteiger partial charge in [0.1, 0.15) is 0 Å². The molecule has 0 aliphatic carbocycles. The third kappa shape index (κ3) is 2.50. The van der Waals surface area contributed by atoms with E-state index in [-0.39, 0.29) is 5.95 Å². The third-order valence-electron chi connectivity index (χ3n) is 3.02. The molecule has 0 aliphatic rings. The maximum absolute atomic E-state index is 11.7. The first-order valence-electron chi connectivity index (χ1n) is 6.23. The largest absolute Gasteiger partial charge is 0.368 e. The summed E-state index contributed by atoms with van der Waals surface area (Å²) < 4.78 is 0. The highest BCUT2D eigenvalue weighted by Crippen LogP contribution is 2.32. The maximum Gasteiger partial charge on any atom is 0.250 e. The van der Waals surface area contributed by atoms with Crippen LogP contribution >= 0.6 is 11.3 Å². The van der Waals surface area contributed by atoms with Crippen molar-refractivity contribution in [1.82, 2.24) is 15.0 Å². The molecule has 0 aliphatic heterocycles. The van der Waals surface area contributed by atoms with Gasteiger partial charge in [-0.3, -0.25) is 4.79 Å². The van der Waals surface area contributed by atoms with Gasteiger partial charge in [0.15, 0.2) is 0 Å². The van der Waals surface area contributed by atoms with E-state index in [1.54, 1.807) is 29.7 Å². The van der Waals surface area contributed by atoms with Crippen molar-refractivity contribution in [2.75, 3.05) is 5.73 Å². The molecule has 7 heteroatoms. The summed E-state index contributed by atoms with van der Waals surface area (Å²) in [6, 6.07) is 7.36. The Morgan fingerprint density at radius 2 is 2.14 bits per heavy atom. The third-order valence-corrected chi connectivity index (χ3v) is 4.04. The fourth-order valence-corrected chi connectivity index (χ4v) is 2.96. The second kappa shape index (κ2) is 5.02. The monoisotopic (exact) mass is 299 g/mol. The number of thiophene rings is 1. The molecule has 0 fully saturated rings. The van der Waals surface area contributed by atoms with Gasteiger partial charge in [0.25, 0.3) is 5.91 Å². The lowest BCUT2D eigenvalue weighted by molar-refractivity contribution is 0.100. The lowest BCUT2D eigenvalue weighted by atomic mass is 10.2. The molecule has 0 aromatic carbocycles. The standard InChI is InChI=1S/C14H13N5OS/c1-7-2-3-11(21-7)12-8(13(15)20)6-10(18-12)9-4-5-17-14(16)19-9/h2-6,18H,1H3,(H2,15,20)(H2,16,17,19). The van der Waals surface area contributed by atoms with Crippen molar-refractivity contribution < 1.29 is 4.79 Å². The van der Waals surface area contributed by atoms with Crippen molar-refractivity contribution in [3.05, 3.63) is 40.9 Å². The summed E-state index contributed by atoms with van der Waals surface area (Å²) in [5.74, 6) is -0.308. The number of aromatic amines is 1. The molecule has 0 radical (unpaired) electrons. The Labute approximate surface area is 124 Å². The number of hydrogen-bond donors (Lipinski definition) is 3. The Balaban J connectivity index is 2.15. The average Bonchev–Trinajstić information content (AvgIpc) is 3.04. The molecule has 5 N–H and O–H groups in total. The van der Waals surface area contributed by atoms with Gasteiger partial charge in [0.05, 0.1) is 27.5 Å². The van der Waals surface area contributed by atoms with Crippen LogP contribution in [0.5, 0.6) is 0 Å². The number of H-pyrrole nitrogens is 1. The molecule has 106 valence electrons. The fraction of sp³-hybridized carbons (Fsp3) is 0.0714. The maximum atomic E-state index is 11.7. The Hall–Kier alpha value is -2.67. The van der Waals surface area contributed by atoms with Crippen LogP contribution in [0.4, 0.5) is 5.95 Å². The van der Waals surface area contributed by atoms with Crippen molar-refractivity contribution >= 4 is 23.2 Å². The van der Waals surface area contributed by atoms with E-state index in [1.807, 2.05) is 19.1 Å². The van der Waals surface area contributed by atoms with Gasteiger partial charge >= 0.3 is 0 Å². The van der Waals surface area contributed by atoms with Crippen LogP contribution in [0.2, 0.25) is 0 Å². The Bertz CT molecular complexity index is 820. The summed E-state index contributed by atoms with van der Waals surface area (Å²) in [5.41, 5.74) is 13.5. The molecule has 1 amide bonds. The van der Waals surface area contributed by atoms with Crippen molar-refractivity contribution in [2.45, 2.75) is 6.92 Å². The lowest BCUT2D eigenvalue weighted by Gasteiger charge is -1.98. The van der Waals surface area contributed by atoms with Crippen LogP contribution in [0.25, 0.3) is 22.0 Å². The number of anilines is 1. The zero-order chi connectivity index (χ0) is 15.0. The van der Waals surface area contributed by atoms with Crippen LogP contribution in [0, 0.1) is 6.92 Å². The number of nitrogens with zero attached hydrogens (tertiary/aromatic N) is 2. The molecule has 0 unspecified atom stereocenters. The normalized spacial score (nSPS) is 10.7. The van der Waals surface area contributed by atoms with E-state index in [4.69, 9.17) is 11.5 Å². The second-order valence-corrected chi connectivity index (χ2v) is 5.83. The van der Waals surface area contributed by atoms with Crippen LogP contribution in [0.3, 0.4) is 0 Å². The van der Waals surface area contributed by atoms with Gasteiger partial charge in [-0.15, -0.1) is 11.3 Å². The number of carbonyl (C=O) groups excluding carboxylic acids is 1. The molecule has 0 bridgehead atoms. The Kier molecular flexibility index (Phi) is 3.19. The molecule has 3 aromatic rings. The molecular formula is C14H13N5OS. The molecule has 6 nitrogen and oxygen atoms in total. The summed E-state index contributed by atoms with van der Waals surface area (Å²) in [5, 5.41) is 0. The average molecular weight is 299 g/mol. The van der Waals surface area contributed by atoms with Crippen LogP contribution < -0.4 is 11.5 Å². The molecule has 3 rings (SSSR count). The molecule has 3 heterocycles. The minimum Gasteiger partial charge on any atom is -0.368 e. The summed E-state index contributed by atoms with van der Waals surface area (Å²) in [6.45, 7) is 2.01. The topological polar surface area (TPSA) is 111 Å². The van der Waals surface area contributed by atoms with Gasteiger partial charge in [-0.25, -0.2) is 9.97 Å². The number of amides is 1. The van der Waals surface area contributed by atoms with Crippen molar-refractivity contribution in [3.8, 4) is 22.0 Å². The minimum atomic E-state index is -0.486. The number of primary amides is 1. The SMILES string of the molecule is Cc1ccc(-c2[nH]c(-c3ccnc(N)n3)cc2C(N)=O)s1. The highest BCUT2D eigenvalue weighted by Gasteiger charge is 2.17. The number of nitrogens with two attached hydrogens (primary N) is 2. The molecule has 0 saturated heterocycles. The number of nitrogens with one attached hydrogen (secondary N) is 1. The summed E-state index contributed by atoms with van der Waals surface area (Å²) in [6.07, 6.45) is 1.57. The van der Waals surface area contributed by atoms with Crippen LogP contribution in [0.15, 0.2) is 30.5 Å². The van der Waals surface area contributed by atoms with Crippen molar-refractivity contribution in [3.63, 3.8) is 0 Å². The van der Waals surface area contributed by atoms with E-state index in [9.17, 15) is 4.79 Å². The van der Waals surface area contributed by atoms with E-state index in [2.05, 4.69) is 15.0 Å². The number of nitrogen functional groups attached to an aromatic ring is 1. The van der Waals surface area contributed by atoms with Gasteiger partial charge < -0.3 is 16.5 Å². The van der Waals surface area contributed by atoms with Gasteiger partial charge in [-0.1, -0.05) is 0 Å². The van der Waals surface area contributed by atoms with E-state index >= 15 is 0 Å². The van der Waals surface area contributed by atoms with E-state index in [1.165, 1.54) is 0 Å². The first-order chi connectivity index (χ1) is 10.0. The summed E-state index contributed by atoms with van der Waals surface area (Å²) in [7, 11) is 0. The Morgan fingerprint density at radius 1 is 1.33 bits per heavy atom. The molecule has 21 heavy (non-hydrogen) atoms. The minimum absolute atomic E-state index is 0.177. The zero-order valence-electron chi connectivity index (χ0n) is 11.3. The summed E-state index contributed by atoms with van der Waals surface area (Å²) >= 11 is 1.59. The highest BCUT2D eigenvalue weighted by atomic mass is 32.1. The molecular weight excluding hydrogens is 286 g/mol. The van der Waals surface area contributed by atoms with Crippen molar-refractivity contribution in [1.29, 1.82) is 0 Å². The zero-order valence-corrected chi connectivity index (χ0v) is 12.1. The predicted molar refractivity (Wildman–Crippen MR) is 82.8 cm³/mol. The predicted octanol–water partition coefficient (Wildman–Crippen LogP) is 2.19. The highest BCUT2D eigenvalue weighted by molar-refractivity contribution is 7.15. The first kappa shape index (κ1) is 13.3. The van der Waals surface area contributed by atoms with Crippen molar-refractivity contribution in [2.24, 2.45) is 5.73 Å². The van der Waals surface area contributed by atoms with E-state index < -0.39 is 5.91 Å². The fourth-order valence-electron chi connectivity index (χ4n) is 2.07. The lowest BCUT2D eigenvalue weighted by Crippen LogP contribution is -2.10. The quantitative estimate of drug-likeness (QED) is 0.688.